The molecule has 0 saturated carbocycles. The maximum atomic E-state index is 5.48. The molecule has 5 heteroatoms. The van der Waals surface area contributed by atoms with Gasteiger partial charge in [0, 0.05) is 25.1 Å². The zero-order valence-electron chi connectivity index (χ0n) is 7.39. The summed E-state index contributed by atoms with van der Waals surface area (Å²) in [7, 11) is 0. The van der Waals surface area contributed by atoms with Crippen LogP contribution in [0.2, 0.25) is 0 Å². The van der Waals surface area contributed by atoms with E-state index in [9.17, 15) is 0 Å². The van der Waals surface area contributed by atoms with Crippen molar-refractivity contribution in [3.05, 3.63) is 41.2 Å². The topological polar surface area (TPSA) is 56.7 Å². The SMILES string of the molecule is NCc1cn(-c2ccncc2Br)cn1. The van der Waals surface area contributed by atoms with Crippen LogP contribution in [0.25, 0.3) is 5.69 Å². The van der Waals surface area contributed by atoms with E-state index in [2.05, 4.69) is 25.9 Å². The lowest BCUT2D eigenvalue weighted by Crippen LogP contribution is -1.96. The highest BCUT2D eigenvalue weighted by molar-refractivity contribution is 9.10. The van der Waals surface area contributed by atoms with Crippen molar-refractivity contribution in [3.63, 3.8) is 0 Å². The van der Waals surface area contributed by atoms with Crippen LogP contribution >= 0.6 is 15.9 Å². The fourth-order valence-electron chi connectivity index (χ4n) is 1.18. The molecule has 4 nitrogen and oxygen atoms in total. The third-order valence-corrected chi connectivity index (χ3v) is 2.49. The summed E-state index contributed by atoms with van der Waals surface area (Å²) in [6.07, 6.45) is 7.13. The molecule has 2 aromatic heterocycles. The molecule has 2 aromatic rings. The quantitative estimate of drug-likeness (QED) is 0.882. The number of halogens is 1. The molecule has 2 rings (SSSR count). The molecule has 2 N–H and O–H groups in total. The summed E-state index contributed by atoms with van der Waals surface area (Å²) in [5.74, 6) is 0. The van der Waals surface area contributed by atoms with E-state index < -0.39 is 0 Å². The van der Waals surface area contributed by atoms with Crippen molar-refractivity contribution in [3.8, 4) is 5.69 Å². The van der Waals surface area contributed by atoms with E-state index in [4.69, 9.17) is 5.73 Å². The van der Waals surface area contributed by atoms with E-state index >= 15 is 0 Å². The molecule has 0 fully saturated rings. The fourth-order valence-corrected chi connectivity index (χ4v) is 1.63. The zero-order valence-corrected chi connectivity index (χ0v) is 8.98. The second kappa shape index (κ2) is 3.89. The largest absolute Gasteiger partial charge is 0.325 e. The van der Waals surface area contributed by atoms with Crippen LogP contribution in [0.5, 0.6) is 0 Å². The van der Waals surface area contributed by atoms with E-state index in [-0.39, 0.29) is 0 Å². The van der Waals surface area contributed by atoms with Crippen molar-refractivity contribution >= 4 is 15.9 Å². The molecule has 0 atom stereocenters. The van der Waals surface area contributed by atoms with Crippen LogP contribution < -0.4 is 5.73 Å². The Bertz CT molecular complexity index is 438. The minimum atomic E-state index is 0.454. The van der Waals surface area contributed by atoms with Crippen LogP contribution in [0.15, 0.2) is 35.5 Å². The van der Waals surface area contributed by atoms with Gasteiger partial charge in [0.25, 0.3) is 0 Å². The summed E-state index contributed by atoms with van der Waals surface area (Å²) in [5.41, 5.74) is 7.36. The van der Waals surface area contributed by atoms with E-state index in [0.29, 0.717) is 6.54 Å². The standard InChI is InChI=1S/C9H9BrN4/c10-8-4-12-2-1-9(8)14-5-7(3-11)13-6-14/h1-2,4-6H,3,11H2. The van der Waals surface area contributed by atoms with Gasteiger partial charge in [-0.1, -0.05) is 0 Å². The molecule has 14 heavy (non-hydrogen) atoms. The molecule has 72 valence electrons. The van der Waals surface area contributed by atoms with Gasteiger partial charge in [0.1, 0.15) is 0 Å². The molecule has 0 amide bonds. The summed E-state index contributed by atoms with van der Waals surface area (Å²) in [5, 5.41) is 0. The summed E-state index contributed by atoms with van der Waals surface area (Å²) >= 11 is 3.42. The van der Waals surface area contributed by atoms with E-state index in [1.165, 1.54) is 0 Å². The Hall–Kier alpha value is -1.20. The van der Waals surface area contributed by atoms with Crippen molar-refractivity contribution in [2.24, 2.45) is 5.73 Å². The molecule has 0 unspecified atom stereocenters. The Morgan fingerprint density at radius 2 is 2.36 bits per heavy atom. The Labute approximate surface area is 89.9 Å². The van der Waals surface area contributed by atoms with E-state index in [1.54, 1.807) is 18.7 Å². The number of pyridine rings is 1. The van der Waals surface area contributed by atoms with Gasteiger partial charge in [0.2, 0.25) is 0 Å². The molecular weight excluding hydrogens is 244 g/mol. The maximum Gasteiger partial charge on any atom is 0.0996 e. The molecule has 0 spiro atoms. The first-order valence-corrected chi connectivity index (χ1v) is 4.93. The molecular formula is C9H9BrN4. The third kappa shape index (κ3) is 1.69. The highest BCUT2D eigenvalue weighted by Gasteiger charge is 2.02. The van der Waals surface area contributed by atoms with Gasteiger partial charge in [-0.15, -0.1) is 0 Å². The summed E-state index contributed by atoms with van der Waals surface area (Å²) in [6.45, 7) is 0.454. The number of nitrogens with two attached hydrogens (primary N) is 1. The zero-order chi connectivity index (χ0) is 9.97. The molecule has 0 bridgehead atoms. The van der Waals surface area contributed by atoms with Crippen molar-refractivity contribution in [1.29, 1.82) is 0 Å². The van der Waals surface area contributed by atoms with Crippen molar-refractivity contribution < 1.29 is 0 Å². The van der Waals surface area contributed by atoms with Gasteiger partial charge in [-0.3, -0.25) is 4.98 Å². The highest BCUT2D eigenvalue weighted by atomic mass is 79.9. The number of aromatic nitrogens is 3. The second-order valence-electron chi connectivity index (χ2n) is 2.80. The molecule has 0 aliphatic rings. The van der Waals surface area contributed by atoms with Crippen molar-refractivity contribution in [2.45, 2.75) is 6.54 Å². The number of rotatable bonds is 2. The molecule has 2 heterocycles. The number of imidazole rings is 1. The predicted molar refractivity (Wildman–Crippen MR) is 57.0 cm³/mol. The Balaban J connectivity index is 2.44. The molecule has 0 saturated heterocycles. The molecule has 0 aliphatic heterocycles. The van der Waals surface area contributed by atoms with Crippen LogP contribution in [-0.2, 0) is 6.54 Å². The first kappa shape index (κ1) is 9.36. The van der Waals surface area contributed by atoms with Gasteiger partial charge in [-0.2, -0.15) is 0 Å². The normalized spacial score (nSPS) is 10.4. The van der Waals surface area contributed by atoms with Crippen LogP contribution in [0.3, 0.4) is 0 Å². The average molecular weight is 253 g/mol. The lowest BCUT2D eigenvalue weighted by Gasteiger charge is -2.02. The van der Waals surface area contributed by atoms with Crippen molar-refractivity contribution in [2.75, 3.05) is 0 Å². The van der Waals surface area contributed by atoms with Gasteiger partial charge >= 0.3 is 0 Å². The van der Waals surface area contributed by atoms with Gasteiger partial charge in [0.15, 0.2) is 0 Å². The summed E-state index contributed by atoms with van der Waals surface area (Å²) in [6, 6.07) is 1.91. The van der Waals surface area contributed by atoms with E-state index in [1.807, 2.05) is 16.8 Å². The fraction of sp³-hybridized carbons (Fsp3) is 0.111. The van der Waals surface area contributed by atoms with Crippen LogP contribution in [0, 0.1) is 0 Å². The lowest BCUT2D eigenvalue weighted by molar-refractivity contribution is 1.01. The number of nitrogens with zero attached hydrogens (tertiary/aromatic N) is 3. The van der Waals surface area contributed by atoms with Gasteiger partial charge in [0.05, 0.1) is 22.2 Å². The first-order valence-electron chi connectivity index (χ1n) is 4.14. The minimum absolute atomic E-state index is 0.454. The predicted octanol–water partition coefficient (Wildman–Crippen LogP) is 1.49. The van der Waals surface area contributed by atoms with Gasteiger partial charge in [-0.05, 0) is 22.0 Å². The molecule has 0 aliphatic carbocycles. The van der Waals surface area contributed by atoms with Crippen molar-refractivity contribution in [1.82, 2.24) is 14.5 Å². The van der Waals surface area contributed by atoms with Gasteiger partial charge in [-0.25, -0.2) is 4.98 Å². The number of hydrogen-bond donors (Lipinski definition) is 1. The maximum absolute atomic E-state index is 5.48. The molecule has 0 radical (unpaired) electrons. The minimum Gasteiger partial charge on any atom is -0.325 e. The number of hydrogen-bond acceptors (Lipinski definition) is 3. The summed E-state index contributed by atoms with van der Waals surface area (Å²) in [4.78, 5) is 8.14. The Kier molecular flexibility index (Phi) is 2.60. The van der Waals surface area contributed by atoms with Gasteiger partial charge < -0.3 is 10.3 Å². The third-order valence-electron chi connectivity index (χ3n) is 1.87. The monoisotopic (exact) mass is 252 g/mol. The smallest absolute Gasteiger partial charge is 0.0996 e. The average Bonchev–Trinajstić information content (AvgIpc) is 2.67. The molecule has 0 aromatic carbocycles. The van der Waals surface area contributed by atoms with Crippen LogP contribution in [0.4, 0.5) is 0 Å². The van der Waals surface area contributed by atoms with Crippen LogP contribution in [-0.4, -0.2) is 14.5 Å². The Morgan fingerprint density at radius 1 is 1.50 bits per heavy atom. The van der Waals surface area contributed by atoms with Crippen LogP contribution in [0.1, 0.15) is 5.69 Å². The highest BCUT2D eigenvalue weighted by Crippen LogP contribution is 2.18. The lowest BCUT2D eigenvalue weighted by atomic mass is 10.4. The van der Waals surface area contributed by atoms with E-state index in [0.717, 1.165) is 15.9 Å². The first-order chi connectivity index (χ1) is 6.81. The second-order valence-corrected chi connectivity index (χ2v) is 3.66. The Morgan fingerprint density at radius 3 is 3.00 bits per heavy atom. The summed E-state index contributed by atoms with van der Waals surface area (Å²) < 4.78 is 2.84.